The number of piperidine rings is 1. The summed E-state index contributed by atoms with van der Waals surface area (Å²) in [4.78, 5) is 13.6. The van der Waals surface area contributed by atoms with E-state index in [9.17, 15) is 4.79 Å². The van der Waals surface area contributed by atoms with Gasteiger partial charge in [-0.15, -0.1) is 0 Å². The molecule has 0 unspecified atom stereocenters. The van der Waals surface area contributed by atoms with Gasteiger partial charge in [0.15, 0.2) is 0 Å². The van der Waals surface area contributed by atoms with E-state index in [1.165, 1.54) is 0 Å². The molecule has 1 amide bonds. The molecule has 1 saturated heterocycles. The number of likely N-dealkylation sites (tertiary alicyclic amines) is 1. The predicted molar refractivity (Wildman–Crippen MR) is 55.8 cm³/mol. The summed E-state index contributed by atoms with van der Waals surface area (Å²) in [6.07, 6.45) is 2.57. The highest BCUT2D eigenvalue weighted by Gasteiger charge is 2.22. The van der Waals surface area contributed by atoms with Crippen LogP contribution in [0.2, 0.25) is 0 Å². The third-order valence-corrected chi connectivity index (χ3v) is 2.81. The van der Waals surface area contributed by atoms with Crippen molar-refractivity contribution in [2.75, 3.05) is 19.7 Å². The lowest BCUT2D eigenvalue weighted by atomic mass is 9.97. The second kappa shape index (κ2) is 5.35. The molecule has 0 saturated carbocycles. The van der Waals surface area contributed by atoms with Gasteiger partial charge in [-0.2, -0.15) is 0 Å². The molecule has 0 aromatic heterocycles. The average molecular weight is 199 g/mol. The first-order valence-electron chi connectivity index (χ1n) is 5.52. The van der Waals surface area contributed by atoms with Crippen LogP contribution < -0.4 is 0 Å². The summed E-state index contributed by atoms with van der Waals surface area (Å²) < 4.78 is 0. The molecule has 0 spiro atoms. The van der Waals surface area contributed by atoms with Crippen molar-refractivity contribution < 1.29 is 9.90 Å². The third kappa shape index (κ3) is 3.29. The van der Waals surface area contributed by atoms with Gasteiger partial charge in [-0.05, 0) is 24.7 Å². The highest BCUT2D eigenvalue weighted by molar-refractivity contribution is 5.76. The molecule has 3 nitrogen and oxygen atoms in total. The van der Waals surface area contributed by atoms with Crippen molar-refractivity contribution in [3.8, 4) is 0 Å². The molecule has 14 heavy (non-hydrogen) atoms. The molecule has 1 aliphatic heterocycles. The van der Waals surface area contributed by atoms with E-state index in [-0.39, 0.29) is 12.5 Å². The number of carbonyl (C=O) groups excluding carboxylic acids is 1. The van der Waals surface area contributed by atoms with E-state index < -0.39 is 0 Å². The van der Waals surface area contributed by atoms with Crippen LogP contribution in [0.25, 0.3) is 0 Å². The lowest BCUT2D eigenvalue weighted by Crippen LogP contribution is -2.39. The summed E-state index contributed by atoms with van der Waals surface area (Å²) in [5.74, 6) is 1.13. The van der Waals surface area contributed by atoms with E-state index in [1.807, 2.05) is 4.90 Å². The Bertz CT molecular complexity index is 184. The number of rotatable bonds is 3. The number of hydrogen-bond acceptors (Lipinski definition) is 2. The first-order valence-corrected chi connectivity index (χ1v) is 5.52. The average Bonchev–Trinajstić information content (AvgIpc) is 2.17. The first kappa shape index (κ1) is 11.5. The first-order chi connectivity index (χ1) is 6.63. The lowest BCUT2D eigenvalue weighted by Gasteiger charge is -2.31. The van der Waals surface area contributed by atoms with E-state index in [0.717, 1.165) is 25.9 Å². The standard InChI is InChI=1S/C11H21NO2/c1-9(2)7-11(14)12-5-3-10(8-13)4-6-12/h9-10,13H,3-8H2,1-2H3. The van der Waals surface area contributed by atoms with Gasteiger partial charge < -0.3 is 10.0 Å². The molecule has 1 N–H and O–H groups in total. The molecule has 3 heteroatoms. The molecule has 1 fully saturated rings. The summed E-state index contributed by atoms with van der Waals surface area (Å²) in [6, 6.07) is 0. The number of amides is 1. The zero-order valence-corrected chi connectivity index (χ0v) is 9.20. The molecule has 0 aliphatic carbocycles. The third-order valence-electron chi connectivity index (χ3n) is 2.81. The Kier molecular flexibility index (Phi) is 4.39. The molecule has 0 aromatic rings. The van der Waals surface area contributed by atoms with Crippen LogP contribution in [0.5, 0.6) is 0 Å². The zero-order chi connectivity index (χ0) is 10.6. The zero-order valence-electron chi connectivity index (χ0n) is 9.20. The van der Waals surface area contributed by atoms with Crippen LogP contribution in [-0.2, 0) is 4.79 Å². The highest BCUT2D eigenvalue weighted by atomic mass is 16.3. The maximum Gasteiger partial charge on any atom is 0.222 e. The minimum atomic E-state index is 0.270. The fourth-order valence-electron chi connectivity index (χ4n) is 1.84. The highest BCUT2D eigenvalue weighted by Crippen LogP contribution is 2.17. The van der Waals surface area contributed by atoms with E-state index in [4.69, 9.17) is 5.11 Å². The normalized spacial score (nSPS) is 19.0. The van der Waals surface area contributed by atoms with Crippen molar-refractivity contribution in [1.82, 2.24) is 4.90 Å². The second-order valence-corrected chi connectivity index (χ2v) is 4.60. The Morgan fingerprint density at radius 2 is 2.00 bits per heavy atom. The van der Waals surface area contributed by atoms with Crippen molar-refractivity contribution in [2.24, 2.45) is 11.8 Å². The van der Waals surface area contributed by atoms with Gasteiger partial charge in [0.2, 0.25) is 5.91 Å². The van der Waals surface area contributed by atoms with Crippen LogP contribution >= 0.6 is 0 Å². The Morgan fingerprint density at radius 3 is 2.43 bits per heavy atom. The Morgan fingerprint density at radius 1 is 1.43 bits per heavy atom. The van der Waals surface area contributed by atoms with Crippen LogP contribution in [0.4, 0.5) is 0 Å². The molecule has 0 bridgehead atoms. The fraction of sp³-hybridized carbons (Fsp3) is 0.909. The van der Waals surface area contributed by atoms with Gasteiger partial charge in [-0.3, -0.25) is 4.79 Å². The van der Waals surface area contributed by atoms with Crippen molar-refractivity contribution >= 4 is 5.91 Å². The Balaban J connectivity index is 2.30. The van der Waals surface area contributed by atoms with Gasteiger partial charge in [-0.1, -0.05) is 13.8 Å². The maximum atomic E-state index is 11.7. The van der Waals surface area contributed by atoms with E-state index >= 15 is 0 Å². The minimum Gasteiger partial charge on any atom is -0.396 e. The lowest BCUT2D eigenvalue weighted by molar-refractivity contribution is -0.133. The number of carbonyl (C=O) groups is 1. The summed E-state index contributed by atoms with van der Waals surface area (Å²) in [7, 11) is 0. The SMILES string of the molecule is CC(C)CC(=O)N1CCC(CO)CC1. The second-order valence-electron chi connectivity index (χ2n) is 4.60. The monoisotopic (exact) mass is 199 g/mol. The molecule has 1 rings (SSSR count). The van der Waals surface area contributed by atoms with E-state index in [2.05, 4.69) is 13.8 Å². The largest absolute Gasteiger partial charge is 0.396 e. The summed E-state index contributed by atoms with van der Waals surface area (Å²) in [6.45, 7) is 6.07. The van der Waals surface area contributed by atoms with Crippen molar-refractivity contribution in [3.63, 3.8) is 0 Å². The van der Waals surface area contributed by atoms with Crippen LogP contribution in [0.3, 0.4) is 0 Å². The molecular weight excluding hydrogens is 178 g/mol. The van der Waals surface area contributed by atoms with Crippen LogP contribution in [0.1, 0.15) is 33.1 Å². The van der Waals surface area contributed by atoms with Gasteiger partial charge in [0.25, 0.3) is 0 Å². The quantitative estimate of drug-likeness (QED) is 0.743. The Labute approximate surface area is 86.1 Å². The van der Waals surface area contributed by atoms with Crippen LogP contribution in [0.15, 0.2) is 0 Å². The molecular formula is C11H21NO2. The molecule has 0 aromatic carbocycles. The Hall–Kier alpha value is -0.570. The number of hydrogen-bond donors (Lipinski definition) is 1. The number of nitrogens with zero attached hydrogens (tertiary/aromatic N) is 1. The van der Waals surface area contributed by atoms with Gasteiger partial charge in [0, 0.05) is 26.1 Å². The fourth-order valence-corrected chi connectivity index (χ4v) is 1.84. The summed E-state index contributed by atoms with van der Waals surface area (Å²) in [5, 5.41) is 8.96. The van der Waals surface area contributed by atoms with Crippen LogP contribution in [0, 0.1) is 11.8 Å². The number of aliphatic hydroxyl groups is 1. The van der Waals surface area contributed by atoms with Crippen molar-refractivity contribution in [3.05, 3.63) is 0 Å². The van der Waals surface area contributed by atoms with Gasteiger partial charge in [0.05, 0.1) is 0 Å². The smallest absolute Gasteiger partial charge is 0.222 e. The van der Waals surface area contributed by atoms with Gasteiger partial charge in [-0.25, -0.2) is 0 Å². The van der Waals surface area contributed by atoms with E-state index in [0.29, 0.717) is 18.3 Å². The van der Waals surface area contributed by atoms with Crippen LogP contribution in [-0.4, -0.2) is 35.6 Å². The molecule has 0 radical (unpaired) electrons. The van der Waals surface area contributed by atoms with Gasteiger partial charge in [0.1, 0.15) is 0 Å². The summed E-state index contributed by atoms with van der Waals surface area (Å²) >= 11 is 0. The predicted octanol–water partition coefficient (Wildman–Crippen LogP) is 1.26. The maximum absolute atomic E-state index is 11.7. The van der Waals surface area contributed by atoms with Crippen molar-refractivity contribution in [2.45, 2.75) is 33.1 Å². The summed E-state index contributed by atoms with van der Waals surface area (Å²) in [5.41, 5.74) is 0. The number of aliphatic hydroxyl groups excluding tert-OH is 1. The van der Waals surface area contributed by atoms with Crippen molar-refractivity contribution in [1.29, 1.82) is 0 Å². The minimum absolute atomic E-state index is 0.270. The van der Waals surface area contributed by atoms with E-state index in [1.54, 1.807) is 0 Å². The molecule has 0 atom stereocenters. The molecule has 1 heterocycles. The topological polar surface area (TPSA) is 40.5 Å². The molecule has 82 valence electrons. The van der Waals surface area contributed by atoms with Gasteiger partial charge >= 0.3 is 0 Å². The molecule has 1 aliphatic rings.